The summed E-state index contributed by atoms with van der Waals surface area (Å²) in [5.41, 5.74) is 4.96. The second-order valence-electron chi connectivity index (χ2n) is 6.59. The van der Waals surface area contributed by atoms with Crippen molar-refractivity contribution in [3.05, 3.63) is 41.5 Å². The summed E-state index contributed by atoms with van der Waals surface area (Å²) in [5, 5.41) is 0. The number of hydrogen-bond donors (Lipinski definition) is 0. The van der Waals surface area contributed by atoms with E-state index in [1.54, 1.807) is 5.56 Å². The van der Waals surface area contributed by atoms with Gasteiger partial charge in [-0.3, -0.25) is 0 Å². The summed E-state index contributed by atoms with van der Waals surface area (Å²) in [6.07, 6.45) is 8.04. The molecule has 1 fully saturated rings. The molecule has 1 aromatic carbocycles. The highest BCUT2D eigenvalue weighted by atomic mass is 15.0. The lowest BCUT2D eigenvalue weighted by Crippen LogP contribution is -2.29. The van der Waals surface area contributed by atoms with Gasteiger partial charge >= 0.3 is 0 Å². The summed E-state index contributed by atoms with van der Waals surface area (Å²) in [5.74, 6) is 0.827. The quantitative estimate of drug-likeness (QED) is 0.786. The zero-order valence-electron chi connectivity index (χ0n) is 12.4. The maximum atomic E-state index is 2.59. The highest BCUT2D eigenvalue weighted by Crippen LogP contribution is 2.54. The molecule has 1 nitrogen and oxygen atoms in total. The molecule has 0 saturated heterocycles. The van der Waals surface area contributed by atoms with E-state index in [0.29, 0.717) is 5.41 Å². The minimum absolute atomic E-state index is 0.358. The second kappa shape index (κ2) is 4.79. The number of rotatable bonds is 3. The van der Waals surface area contributed by atoms with Crippen molar-refractivity contribution < 1.29 is 0 Å². The van der Waals surface area contributed by atoms with Crippen molar-refractivity contribution in [3.8, 4) is 0 Å². The van der Waals surface area contributed by atoms with E-state index >= 15 is 0 Å². The average molecular weight is 255 g/mol. The molecule has 1 heteroatoms. The Bertz CT molecular complexity index is 500. The Labute approximate surface area is 117 Å². The van der Waals surface area contributed by atoms with Crippen LogP contribution in [0.5, 0.6) is 0 Å². The molecule has 0 aliphatic heterocycles. The van der Waals surface area contributed by atoms with Crippen molar-refractivity contribution in [1.82, 2.24) is 4.90 Å². The molecule has 1 spiro atoms. The largest absolute Gasteiger partial charge is 0.309 e. The van der Waals surface area contributed by atoms with Crippen molar-refractivity contribution in [2.45, 2.75) is 38.0 Å². The summed E-state index contributed by atoms with van der Waals surface area (Å²) in [6, 6.07) is 9.07. The van der Waals surface area contributed by atoms with Crippen molar-refractivity contribution in [2.24, 2.45) is 5.92 Å². The lowest BCUT2D eigenvalue weighted by atomic mass is 9.72. The van der Waals surface area contributed by atoms with Gasteiger partial charge in [0, 0.05) is 5.41 Å². The zero-order valence-corrected chi connectivity index (χ0v) is 12.4. The highest BCUT2D eigenvalue weighted by Gasteiger charge is 2.45. The molecule has 0 bridgehead atoms. The normalized spacial score (nSPS) is 29.1. The van der Waals surface area contributed by atoms with E-state index in [4.69, 9.17) is 0 Å². The molecular weight excluding hydrogens is 230 g/mol. The van der Waals surface area contributed by atoms with Crippen LogP contribution >= 0.6 is 0 Å². The summed E-state index contributed by atoms with van der Waals surface area (Å²) in [7, 11) is 4.37. The number of hydrogen-bond acceptors (Lipinski definition) is 1. The Morgan fingerprint density at radius 3 is 2.84 bits per heavy atom. The van der Waals surface area contributed by atoms with Gasteiger partial charge < -0.3 is 4.90 Å². The first-order valence-electron chi connectivity index (χ1n) is 7.57. The van der Waals surface area contributed by atoms with Crippen molar-refractivity contribution in [1.29, 1.82) is 0 Å². The molecule has 102 valence electrons. The number of fused-ring (bicyclic) bond motifs is 2. The summed E-state index contributed by atoms with van der Waals surface area (Å²) in [6.45, 7) is 3.50. The van der Waals surface area contributed by atoms with E-state index in [2.05, 4.69) is 56.3 Å². The van der Waals surface area contributed by atoms with Gasteiger partial charge in [0.25, 0.3) is 0 Å². The lowest BCUT2D eigenvalue weighted by molar-refractivity contribution is 0.304. The third-order valence-corrected chi connectivity index (χ3v) is 5.12. The lowest BCUT2D eigenvalue weighted by Gasteiger charge is -2.32. The maximum absolute atomic E-state index is 2.59. The third kappa shape index (κ3) is 2.04. The van der Waals surface area contributed by atoms with Crippen LogP contribution in [0.3, 0.4) is 0 Å². The Balaban J connectivity index is 1.95. The zero-order chi connectivity index (χ0) is 13.5. The molecule has 1 saturated carbocycles. The highest BCUT2D eigenvalue weighted by molar-refractivity contribution is 5.75. The van der Waals surface area contributed by atoms with Gasteiger partial charge in [0.1, 0.15) is 0 Å². The number of benzene rings is 1. The Kier molecular flexibility index (Phi) is 3.26. The minimum atomic E-state index is 0.358. The molecule has 0 heterocycles. The Morgan fingerprint density at radius 2 is 2.05 bits per heavy atom. The molecule has 1 aromatic rings. The molecule has 2 atom stereocenters. The van der Waals surface area contributed by atoms with E-state index < -0.39 is 0 Å². The third-order valence-electron chi connectivity index (χ3n) is 5.12. The van der Waals surface area contributed by atoms with Crippen LogP contribution in [0, 0.1) is 5.92 Å². The van der Waals surface area contributed by atoms with E-state index in [9.17, 15) is 0 Å². The van der Waals surface area contributed by atoms with E-state index in [1.807, 2.05) is 0 Å². The molecule has 2 aliphatic carbocycles. The van der Waals surface area contributed by atoms with Crippen LogP contribution in [-0.2, 0) is 5.41 Å². The van der Waals surface area contributed by atoms with Crippen LogP contribution in [0.4, 0.5) is 0 Å². The first kappa shape index (κ1) is 12.9. The SMILES string of the molecule is CC1=CC2(CCCC2CCN(C)C)c2ccccc21. The summed E-state index contributed by atoms with van der Waals surface area (Å²) in [4.78, 5) is 2.32. The maximum Gasteiger partial charge on any atom is 0.0172 e. The standard InChI is InChI=1S/C18H25N/c1-14-13-18(17-9-5-4-8-16(14)17)11-6-7-15(18)10-12-19(2)3/h4-5,8-9,13,15H,6-7,10-12H2,1-3H3. The van der Waals surface area contributed by atoms with Crippen LogP contribution < -0.4 is 0 Å². The summed E-state index contributed by atoms with van der Waals surface area (Å²) >= 11 is 0. The molecule has 3 rings (SSSR count). The van der Waals surface area contributed by atoms with Crippen molar-refractivity contribution in [3.63, 3.8) is 0 Å². The van der Waals surface area contributed by atoms with Gasteiger partial charge in [-0.05, 0) is 69.4 Å². The van der Waals surface area contributed by atoms with E-state index in [-0.39, 0.29) is 0 Å². The molecule has 2 unspecified atom stereocenters. The first-order valence-corrected chi connectivity index (χ1v) is 7.57. The average Bonchev–Trinajstić information content (AvgIpc) is 2.92. The minimum Gasteiger partial charge on any atom is -0.309 e. The van der Waals surface area contributed by atoms with Crippen LogP contribution in [0.15, 0.2) is 30.3 Å². The Morgan fingerprint density at radius 1 is 1.26 bits per heavy atom. The molecule has 2 aliphatic rings. The predicted octanol–water partition coefficient (Wildman–Crippen LogP) is 4.09. The molecule has 19 heavy (non-hydrogen) atoms. The molecule has 0 N–H and O–H groups in total. The number of allylic oxidation sites excluding steroid dienone is 2. The van der Waals surface area contributed by atoms with Crippen LogP contribution in [0.2, 0.25) is 0 Å². The summed E-state index contributed by atoms with van der Waals surface area (Å²) < 4.78 is 0. The van der Waals surface area contributed by atoms with E-state index in [0.717, 1.165) is 5.92 Å². The van der Waals surface area contributed by atoms with Crippen LogP contribution in [0.1, 0.15) is 43.7 Å². The molecule has 0 amide bonds. The topological polar surface area (TPSA) is 3.24 Å². The fourth-order valence-corrected chi connectivity index (χ4v) is 4.24. The van der Waals surface area contributed by atoms with Crippen LogP contribution in [0.25, 0.3) is 5.57 Å². The van der Waals surface area contributed by atoms with Gasteiger partial charge in [0.15, 0.2) is 0 Å². The fourth-order valence-electron chi connectivity index (χ4n) is 4.24. The first-order chi connectivity index (χ1) is 9.13. The van der Waals surface area contributed by atoms with Gasteiger partial charge in [0.05, 0.1) is 0 Å². The van der Waals surface area contributed by atoms with E-state index in [1.165, 1.54) is 43.4 Å². The molecule has 0 aromatic heterocycles. The van der Waals surface area contributed by atoms with Gasteiger partial charge in [-0.25, -0.2) is 0 Å². The predicted molar refractivity (Wildman–Crippen MR) is 82.3 cm³/mol. The monoisotopic (exact) mass is 255 g/mol. The molecule has 0 radical (unpaired) electrons. The van der Waals surface area contributed by atoms with Gasteiger partial charge in [-0.2, -0.15) is 0 Å². The van der Waals surface area contributed by atoms with Crippen LogP contribution in [-0.4, -0.2) is 25.5 Å². The van der Waals surface area contributed by atoms with Crippen molar-refractivity contribution in [2.75, 3.05) is 20.6 Å². The van der Waals surface area contributed by atoms with Gasteiger partial charge in [-0.1, -0.05) is 36.8 Å². The smallest absolute Gasteiger partial charge is 0.0172 e. The Hall–Kier alpha value is -1.08. The van der Waals surface area contributed by atoms with Gasteiger partial charge in [-0.15, -0.1) is 0 Å². The second-order valence-corrected chi connectivity index (χ2v) is 6.59. The fraction of sp³-hybridized carbons (Fsp3) is 0.556. The van der Waals surface area contributed by atoms with Crippen molar-refractivity contribution >= 4 is 5.57 Å². The van der Waals surface area contributed by atoms with Gasteiger partial charge in [0.2, 0.25) is 0 Å². The number of nitrogens with zero attached hydrogens (tertiary/aromatic N) is 1. The molecular formula is C18H25N.